The minimum Gasteiger partial charge on any atom is -0.361 e. The number of hydrogen-bond donors (Lipinski definition) is 2. The topological polar surface area (TPSA) is 110 Å². The van der Waals surface area contributed by atoms with Crippen LogP contribution in [0.4, 0.5) is 5.69 Å². The summed E-state index contributed by atoms with van der Waals surface area (Å²) in [4.78, 5) is 32.8. The van der Waals surface area contributed by atoms with E-state index in [-0.39, 0.29) is 24.8 Å². The number of carbonyl (C=O) groups excluding carboxylic acids is 2. The zero-order valence-electron chi connectivity index (χ0n) is 16.1. The number of aromatic nitrogens is 3. The highest BCUT2D eigenvalue weighted by Crippen LogP contribution is 2.27. The van der Waals surface area contributed by atoms with Crippen molar-refractivity contribution in [2.24, 2.45) is 0 Å². The lowest BCUT2D eigenvalue weighted by Gasteiger charge is -2.09. The number of thioether (sulfide) groups is 1. The third kappa shape index (κ3) is 5.64. The van der Waals surface area contributed by atoms with E-state index in [4.69, 9.17) is 4.52 Å². The lowest BCUT2D eigenvalue weighted by molar-refractivity contribution is -0.116. The van der Waals surface area contributed by atoms with Gasteiger partial charge in [0, 0.05) is 48.6 Å². The van der Waals surface area contributed by atoms with Crippen LogP contribution in [0.15, 0.2) is 52.4 Å². The maximum atomic E-state index is 12.6. The molecule has 0 unspecified atom stereocenters. The molecule has 0 aliphatic rings. The second kappa shape index (κ2) is 9.83. The quantitative estimate of drug-likeness (QED) is 0.548. The molecule has 150 valence electrons. The predicted octanol–water partition coefficient (Wildman–Crippen LogP) is 3.13. The number of aryl methyl sites for hydroxylation is 2. The van der Waals surface area contributed by atoms with Crippen molar-refractivity contribution in [1.82, 2.24) is 20.4 Å². The highest BCUT2D eigenvalue weighted by Gasteiger charge is 2.15. The number of carbonyl (C=O) groups is 2. The monoisotopic (exact) mass is 411 g/mol. The minimum absolute atomic E-state index is 0.163. The maximum absolute atomic E-state index is 12.6. The molecule has 0 spiro atoms. The van der Waals surface area contributed by atoms with Gasteiger partial charge in [-0.2, -0.15) is 0 Å². The van der Waals surface area contributed by atoms with Crippen molar-refractivity contribution in [2.75, 3.05) is 11.9 Å². The van der Waals surface area contributed by atoms with Crippen LogP contribution in [0, 0.1) is 13.8 Å². The van der Waals surface area contributed by atoms with E-state index in [9.17, 15) is 9.59 Å². The fourth-order valence-corrected chi connectivity index (χ4v) is 3.72. The molecule has 8 nitrogen and oxygen atoms in total. The SMILES string of the molecule is Cc1noc(C)c1CSc1ncccc1C(=O)NCCC(=O)Nc1ccncc1. The van der Waals surface area contributed by atoms with Gasteiger partial charge >= 0.3 is 0 Å². The number of nitrogens with zero attached hydrogens (tertiary/aromatic N) is 3. The van der Waals surface area contributed by atoms with Gasteiger partial charge in [0.2, 0.25) is 5.91 Å². The molecule has 2 N–H and O–H groups in total. The van der Waals surface area contributed by atoms with Gasteiger partial charge in [0.25, 0.3) is 5.91 Å². The Morgan fingerprint density at radius 3 is 2.66 bits per heavy atom. The Balaban J connectivity index is 1.53. The molecule has 3 aromatic heterocycles. The molecule has 3 aromatic rings. The summed E-state index contributed by atoms with van der Waals surface area (Å²) in [7, 11) is 0. The van der Waals surface area contributed by atoms with E-state index in [2.05, 4.69) is 25.8 Å². The molecular weight excluding hydrogens is 390 g/mol. The molecule has 0 saturated carbocycles. The maximum Gasteiger partial charge on any atom is 0.254 e. The molecule has 0 aliphatic carbocycles. The van der Waals surface area contributed by atoms with Crippen LogP contribution in [-0.4, -0.2) is 33.5 Å². The standard InChI is InChI=1S/C20H21N5O3S/c1-13-17(14(2)28-25-13)12-29-20-16(4-3-8-23-20)19(27)22-11-7-18(26)24-15-5-9-21-10-6-15/h3-6,8-10H,7,11-12H2,1-2H3,(H,22,27)(H,21,24,26). The molecule has 2 amide bonds. The molecular formula is C20H21N5O3S. The zero-order valence-corrected chi connectivity index (χ0v) is 17.0. The van der Waals surface area contributed by atoms with E-state index in [1.807, 2.05) is 13.8 Å². The average Bonchev–Trinajstić information content (AvgIpc) is 3.05. The molecule has 0 atom stereocenters. The molecule has 0 aromatic carbocycles. The Labute approximate surface area is 172 Å². The molecule has 3 rings (SSSR count). The Bertz CT molecular complexity index is 971. The molecule has 0 saturated heterocycles. The highest BCUT2D eigenvalue weighted by molar-refractivity contribution is 7.98. The summed E-state index contributed by atoms with van der Waals surface area (Å²) in [5.74, 6) is 0.913. The first kappa shape index (κ1) is 20.5. The van der Waals surface area contributed by atoms with Gasteiger partial charge in [0.1, 0.15) is 10.8 Å². The number of anilines is 1. The number of hydrogen-bond acceptors (Lipinski definition) is 7. The summed E-state index contributed by atoms with van der Waals surface area (Å²) in [6.07, 6.45) is 5.01. The van der Waals surface area contributed by atoms with Crippen molar-refractivity contribution in [3.05, 3.63) is 65.4 Å². The van der Waals surface area contributed by atoms with Gasteiger partial charge in [-0.05, 0) is 38.1 Å². The first-order chi connectivity index (χ1) is 14.0. The first-order valence-electron chi connectivity index (χ1n) is 9.02. The predicted molar refractivity (Wildman–Crippen MR) is 110 cm³/mol. The van der Waals surface area contributed by atoms with Gasteiger partial charge in [-0.3, -0.25) is 14.6 Å². The Morgan fingerprint density at radius 1 is 1.14 bits per heavy atom. The van der Waals surface area contributed by atoms with Crippen LogP contribution in [0.5, 0.6) is 0 Å². The Kier molecular flexibility index (Phi) is 6.96. The average molecular weight is 411 g/mol. The van der Waals surface area contributed by atoms with Crippen LogP contribution in [0.25, 0.3) is 0 Å². The van der Waals surface area contributed by atoms with Gasteiger partial charge in [-0.1, -0.05) is 5.16 Å². The van der Waals surface area contributed by atoms with E-state index in [0.29, 0.717) is 22.0 Å². The van der Waals surface area contributed by atoms with Crippen LogP contribution in [0.2, 0.25) is 0 Å². The number of pyridine rings is 2. The van der Waals surface area contributed by atoms with Crippen LogP contribution >= 0.6 is 11.8 Å². The second-order valence-corrected chi connectivity index (χ2v) is 7.20. The fourth-order valence-electron chi connectivity index (χ4n) is 2.57. The number of nitrogens with one attached hydrogen (secondary N) is 2. The van der Waals surface area contributed by atoms with Gasteiger partial charge in [0.05, 0.1) is 11.3 Å². The summed E-state index contributed by atoms with van der Waals surface area (Å²) >= 11 is 1.45. The molecule has 0 aliphatic heterocycles. The summed E-state index contributed by atoms with van der Waals surface area (Å²) < 4.78 is 5.18. The summed E-state index contributed by atoms with van der Waals surface area (Å²) in [6.45, 7) is 3.97. The van der Waals surface area contributed by atoms with Crippen LogP contribution < -0.4 is 10.6 Å². The summed E-state index contributed by atoms with van der Waals surface area (Å²) in [5, 5.41) is 10.1. The summed E-state index contributed by atoms with van der Waals surface area (Å²) in [5.41, 5.74) is 2.97. The summed E-state index contributed by atoms with van der Waals surface area (Å²) in [6, 6.07) is 6.84. The van der Waals surface area contributed by atoms with E-state index in [0.717, 1.165) is 17.0 Å². The lowest BCUT2D eigenvalue weighted by Crippen LogP contribution is -2.28. The van der Waals surface area contributed by atoms with Gasteiger partial charge in [-0.25, -0.2) is 4.98 Å². The third-order valence-electron chi connectivity index (χ3n) is 4.15. The molecule has 3 heterocycles. The lowest BCUT2D eigenvalue weighted by atomic mass is 10.2. The van der Waals surface area contributed by atoms with Crippen molar-refractivity contribution in [1.29, 1.82) is 0 Å². The third-order valence-corrected chi connectivity index (χ3v) is 5.18. The first-order valence-corrected chi connectivity index (χ1v) is 10.0. The zero-order chi connectivity index (χ0) is 20.6. The second-order valence-electron chi connectivity index (χ2n) is 6.24. The number of rotatable bonds is 8. The molecule has 9 heteroatoms. The molecule has 0 bridgehead atoms. The minimum atomic E-state index is -0.268. The van der Waals surface area contributed by atoms with Gasteiger partial charge < -0.3 is 15.2 Å². The van der Waals surface area contributed by atoms with Gasteiger partial charge in [0.15, 0.2) is 0 Å². The molecule has 0 radical (unpaired) electrons. The van der Waals surface area contributed by atoms with Crippen molar-refractivity contribution < 1.29 is 14.1 Å². The number of amides is 2. The highest BCUT2D eigenvalue weighted by atomic mass is 32.2. The van der Waals surface area contributed by atoms with E-state index < -0.39 is 0 Å². The smallest absolute Gasteiger partial charge is 0.254 e. The van der Waals surface area contributed by atoms with Crippen molar-refractivity contribution in [2.45, 2.75) is 31.0 Å². The van der Waals surface area contributed by atoms with E-state index in [1.165, 1.54) is 11.8 Å². The molecule has 29 heavy (non-hydrogen) atoms. The fraction of sp³-hybridized carbons (Fsp3) is 0.250. The molecule has 0 fully saturated rings. The van der Waals surface area contributed by atoms with E-state index in [1.54, 1.807) is 42.9 Å². The van der Waals surface area contributed by atoms with Crippen LogP contribution in [-0.2, 0) is 10.5 Å². The van der Waals surface area contributed by atoms with Crippen LogP contribution in [0.1, 0.15) is 33.8 Å². The van der Waals surface area contributed by atoms with Crippen molar-refractivity contribution in [3.63, 3.8) is 0 Å². The van der Waals surface area contributed by atoms with E-state index >= 15 is 0 Å². The normalized spacial score (nSPS) is 10.6. The van der Waals surface area contributed by atoms with Crippen LogP contribution in [0.3, 0.4) is 0 Å². The Morgan fingerprint density at radius 2 is 1.93 bits per heavy atom. The Hall–Kier alpha value is -3.20. The van der Waals surface area contributed by atoms with Crippen molar-refractivity contribution >= 4 is 29.3 Å². The van der Waals surface area contributed by atoms with Crippen molar-refractivity contribution in [3.8, 4) is 0 Å². The van der Waals surface area contributed by atoms with Gasteiger partial charge in [-0.15, -0.1) is 11.8 Å². The largest absolute Gasteiger partial charge is 0.361 e.